The molecule has 0 unspecified atom stereocenters. The lowest BCUT2D eigenvalue weighted by Gasteiger charge is -2.38. The van der Waals surface area contributed by atoms with Crippen LogP contribution < -0.4 is 5.32 Å². The van der Waals surface area contributed by atoms with Crippen LogP contribution in [0, 0.1) is 5.92 Å². The predicted molar refractivity (Wildman–Crippen MR) is 117 cm³/mol. The van der Waals surface area contributed by atoms with Gasteiger partial charge in [-0.2, -0.15) is 4.98 Å². The molecule has 164 valence electrons. The van der Waals surface area contributed by atoms with Crippen molar-refractivity contribution in [3.8, 4) is 11.4 Å². The minimum Gasteiger partial charge on any atom is -0.351 e. The highest BCUT2D eigenvalue weighted by molar-refractivity contribution is 5.97. The van der Waals surface area contributed by atoms with Gasteiger partial charge < -0.3 is 14.7 Å². The van der Waals surface area contributed by atoms with E-state index in [0.717, 1.165) is 42.6 Å². The zero-order chi connectivity index (χ0) is 21.9. The van der Waals surface area contributed by atoms with Crippen molar-refractivity contribution in [3.05, 3.63) is 65.8 Å². The summed E-state index contributed by atoms with van der Waals surface area (Å²) in [6.07, 6.45) is 6.02. The van der Waals surface area contributed by atoms with Gasteiger partial charge in [0.05, 0.1) is 0 Å². The molecule has 2 aromatic heterocycles. The number of carbonyl (C=O) groups excluding carboxylic acids is 2. The molecule has 0 spiro atoms. The number of hydrogen-bond donors (Lipinski definition) is 1. The molecule has 5 rings (SSSR count). The molecule has 0 radical (unpaired) electrons. The smallest absolute Gasteiger partial charge is 0.251 e. The van der Waals surface area contributed by atoms with Crippen LogP contribution in [0.15, 0.2) is 53.3 Å². The number of aryl methyl sites for hydroxylation is 1. The standard InChI is InChI=1S/C24H25N5O3/c30-22(6-5-21-27-23(28-32-21)17-7-11-25-12-8-17)29-13-9-16(10-14-29)20-15-26-24(31)19-4-2-1-3-18(19)20/h1-4,7-8,11-12,16,20H,5-6,9-10,13-15H2,(H,26,31)/t20-/m1/s1. The van der Waals surface area contributed by atoms with Crippen molar-refractivity contribution in [2.24, 2.45) is 5.92 Å². The summed E-state index contributed by atoms with van der Waals surface area (Å²) >= 11 is 0. The summed E-state index contributed by atoms with van der Waals surface area (Å²) in [5.74, 6) is 1.87. The van der Waals surface area contributed by atoms with Gasteiger partial charge >= 0.3 is 0 Å². The van der Waals surface area contributed by atoms with Crippen LogP contribution in [0.1, 0.15) is 47.0 Å². The van der Waals surface area contributed by atoms with Gasteiger partial charge in [-0.3, -0.25) is 14.6 Å². The van der Waals surface area contributed by atoms with Gasteiger partial charge in [-0.25, -0.2) is 0 Å². The topological polar surface area (TPSA) is 101 Å². The highest BCUT2D eigenvalue weighted by Gasteiger charge is 2.33. The normalized spacial score (nSPS) is 18.8. The van der Waals surface area contributed by atoms with Crippen LogP contribution in [0.5, 0.6) is 0 Å². The van der Waals surface area contributed by atoms with E-state index in [4.69, 9.17) is 4.52 Å². The number of piperidine rings is 1. The van der Waals surface area contributed by atoms with Gasteiger partial charge in [0, 0.05) is 61.9 Å². The fourth-order valence-electron chi connectivity index (χ4n) is 4.75. The third kappa shape index (κ3) is 4.12. The van der Waals surface area contributed by atoms with Crippen LogP contribution in [-0.4, -0.2) is 51.5 Å². The number of aromatic nitrogens is 3. The Hall–Kier alpha value is -3.55. The van der Waals surface area contributed by atoms with Gasteiger partial charge in [-0.15, -0.1) is 0 Å². The SMILES string of the molecule is O=C1NC[C@H](C2CCN(C(=O)CCc3nc(-c4ccncc4)no3)CC2)c2ccccc21. The number of fused-ring (bicyclic) bond motifs is 1. The molecule has 4 heterocycles. The number of pyridine rings is 1. The predicted octanol–water partition coefficient (Wildman–Crippen LogP) is 2.83. The molecule has 1 aromatic carbocycles. The lowest BCUT2D eigenvalue weighted by molar-refractivity contribution is -0.132. The molecule has 3 aromatic rings. The van der Waals surface area contributed by atoms with E-state index >= 15 is 0 Å². The second kappa shape index (κ2) is 8.90. The van der Waals surface area contributed by atoms with Gasteiger partial charge in [0.2, 0.25) is 17.6 Å². The molecule has 1 saturated heterocycles. The number of likely N-dealkylation sites (tertiary alicyclic amines) is 1. The van der Waals surface area contributed by atoms with Crippen molar-refractivity contribution in [3.63, 3.8) is 0 Å². The van der Waals surface area contributed by atoms with E-state index in [-0.39, 0.29) is 11.8 Å². The van der Waals surface area contributed by atoms with Gasteiger partial charge in [-0.1, -0.05) is 23.4 Å². The summed E-state index contributed by atoms with van der Waals surface area (Å²) in [4.78, 5) is 35.2. The monoisotopic (exact) mass is 431 g/mol. The average molecular weight is 431 g/mol. The summed E-state index contributed by atoms with van der Waals surface area (Å²) in [5.41, 5.74) is 2.76. The van der Waals surface area contributed by atoms with E-state index < -0.39 is 0 Å². The minimum atomic E-state index is 0.0116. The number of rotatable bonds is 5. The fourth-order valence-corrected chi connectivity index (χ4v) is 4.75. The van der Waals surface area contributed by atoms with E-state index in [0.29, 0.717) is 42.9 Å². The Labute approximate surface area is 186 Å². The van der Waals surface area contributed by atoms with Gasteiger partial charge in [0.1, 0.15) is 0 Å². The van der Waals surface area contributed by atoms with E-state index in [9.17, 15) is 9.59 Å². The second-order valence-corrected chi connectivity index (χ2v) is 8.37. The molecule has 1 atom stereocenters. The summed E-state index contributed by atoms with van der Waals surface area (Å²) in [5, 5.41) is 7.02. The molecule has 2 aliphatic heterocycles. The number of amides is 2. The first-order chi connectivity index (χ1) is 15.7. The zero-order valence-corrected chi connectivity index (χ0v) is 17.7. The summed E-state index contributed by atoms with van der Waals surface area (Å²) in [7, 11) is 0. The molecular weight excluding hydrogens is 406 g/mol. The molecule has 8 heteroatoms. The lowest BCUT2D eigenvalue weighted by Crippen LogP contribution is -2.43. The molecule has 8 nitrogen and oxygen atoms in total. The minimum absolute atomic E-state index is 0.0116. The van der Waals surface area contributed by atoms with Crippen molar-refractivity contribution >= 4 is 11.8 Å². The number of nitrogens with one attached hydrogen (secondary N) is 1. The Balaban J connectivity index is 1.14. The molecule has 1 fully saturated rings. The highest BCUT2D eigenvalue weighted by atomic mass is 16.5. The van der Waals surface area contributed by atoms with Crippen LogP contribution in [-0.2, 0) is 11.2 Å². The van der Waals surface area contributed by atoms with Crippen molar-refractivity contribution in [1.29, 1.82) is 0 Å². The molecule has 0 bridgehead atoms. The molecule has 32 heavy (non-hydrogen) atoms. The van der Waals surface area contributed by atoms with Crippen molar-refractivity contribution in [2.75, 3.05) is 19.6 Å². The summed E-state index contributed by atoms with van der Waals surface area (Å²) < 4.78 is 5.31. The van der Waals surface area contributed by atoms with E-state index in [1.54, 1.807) is 12.4 Å². The first kappa shape index (κ1) is 20.4. The number of carbonyl (C=O) groups is 2. The second-order valence-electron chi connectivity index (χ2n) is 8.37. The van der Waals surface area contributed by atoms with Gasteiger partial charge in [0.15, 0.2) is 0 Å². The van der Waals surface area contributed by atoms with Crippen LogP contribution >= 0.6 is 0 Å². The maximum Gasteiger partial charge on any atom is 0.251 e. The molecule has 0 aliphatic carbocycles. The molecular formula is C24H25N5O3. The third-order valence-corrected chi connectivity index (χ3v) is 6.51. The molecule has 0 saturated carbocycles. The van der Waals surface area contributed by atoms with E-state index in [1.165, 1.54) is 0 Å². The van der Waals surface area contributed by atoms with E-state index in [1.807, 2.05) is 35.2 Å². The number of hydrogen-bond acceptors (Lipinski definition) is 6. The largest absolute Gasteiger partial charge is 0.351 e. The first-order valence-corrected chi connectivity index (χ1v) is 11.1. The van der Waals surface area contributed by atoms with Crippen LogP contribution in [0.25, 0.3) is 11.4 Å². The Bertz CT molecular complexity index is 1110. The molecule has 2 amide bonds. The number of benzene rings is 1. The van der Waals surface area contributed by atoms with Crippen molar-refractivity contribution in [2.45, 2.75) is 31.6 Å². The lowest BCUT2D eigenvalue weighted by atomic mass is 9.76. The third-order valence-electron chi connectivity index (χ3n) is 6.51. The molecule has 2 aliphatic rings. The quantitative estimate of drug-likeness (QED) is 0.667. The number of nitrogens with zero attached hydrogens (tertiary/aromatic N) is 4. The molecule has 1 N–H and O–H groups in total. The average Bonchev–Trinajstić information content (AvgIpc) is 3.33. The van der Waals surface area contributed by atoms with Gasteiger partial charge in [-0.05, 0) is 42.5 Å². The van der Waals surface area contributed by atoms with Gasteiger partial charge in [0.25, 0.3) is 5.91 Å². The first-order valence-electron chi connectivity index (χ1n) is 11.1. The zero-order valence-electron chi connectivity index (χ0n) is 17.7. The Kier molecular flexibility index (Phi) is 5.66. The maximum atomic E-state index is 12.7. The van der Waals surface area contributed by atoms with Crippen molar-refractivity contribution < 1.29 is 14.1 Å². The van der Waals surface area contributed by atoms with Crippen LogP contribution in [0.2, 0.25) is 0 Å². The highest BCUT2D eigenvalue weighted by Crippen LogP contribution is 2.36. The summed E-state index contributed by atoms with van der Waals surface area (Å²) in [6.45, 7) is 2.15. The Morgan fingerprint density at radius 2 is 1.91 bits per heavy atom. The Morgan fingerprint density at radius 1 is 1.12 bits per heavy atom. The van der Waals surface area contributed by atoms with E-state index in [2.05, 4.69) is 26.5 Å². The fraction of sp³-hybridized carbons (Fsp3) is 0.375. The maximum absolute atomic E-state index is 12.7. The summed E-state index contributed by atoms with van der Waals surface area (Å²) in [6, 6.07) is 11.5. The Morgan fingerprint density at radius 3 is 2.72 bits per heavy atom. The van der Waals surface area contributed by atoms with Crippen LogP contribution in [0.4, 0.5) is 0 Å². The van der Waals surface area contributed by atoms with Crippen LogP contribution in [0.3, 0.4) is 0 Å². The van der Waals surface area contributed by atoms with Crippen molar-refractivity contribution in [1.82, 2.24) is 25.3 Å².